The Kier molecular flexibility index (Phi) is 5.79. The minimum atomic E-state index is -0.447. The fraction of sp³-hybridized carbons (Fsp3) is 0.217. The molecular formula is C23H23N5O3. The monoisotopic (exact) mass is 417 g/mol. The number of esters is 1. The van der Waals surface area contributed by atoms with Gasteiger partial charge in [-0.1, -0.05) is 30.7 Å². The van der Waals surface area contributed by atoms with Crippen molar-refractivity contribution in [2.24, 2.45) is 0 Å². The molecule has 1 aromatic carbocycles. The molecule has 0 radical (unpaired) electrons. The zero-order valence-corrected chi connectivity index (χ0v) is 17.3. The second-order valence-corrected chi connectivity index (χ2v) is 7.36. The lowest BCUT2D eigenvalue weighted by atomic mass is 10.1. The molecule has 2 aliphatic heterocycles. The lowest BCUT2D eigenvalue weighted by Gasteiger charge is -2.26. The largest absolute Gasteiger partial charge is 0.683 e. The van der Waals surface area contributed by atoms with E-state index >= 15 is 0 Å². The summed E-state index contributed by atoms with van der Waals surface area (Å²) in [4.78, 5) is 28.5. The number of hydrogen-bond acceptors (Lipinski definition) is 5. The molecule has 158 valence electrons. The van der Waals surface area contributed by atoms with Crippen LogP contribution in [0.4, 0.5) is 5.69 Å². The van der Waals surface area contributed by atoms with Gasteiger partial charge in [0.25, 0.3) is 5.91 Å². The normalized spacial score (nSPS) is 15.7. The molecule has 0 fully saturated rings. The third-order valence-corrected chi connectivity index (χ3v) is 4.97. The Hall–Kier alpha value is -3.94. The molecule has 1 amide bonds. The van der Waals surface area contributed by atoms with Crippen LogP contribution in [0.25, 0.3) is 5.32 Å². The summed E-state index contributed by atoms with van der Waals surface area (Å²) in [5, 5.41) is 10.5. The SMILES string of the molecule is CC([N-]C=CNC1=C[N+](C)=C1)c1cccc(NC(=O)c2cnc3c(c2)CCOC3=O)c1. The summed E-state index contributed by atoms with van der Waals surface area (Å²) < 4.78 is 6.93. The average molecular weight is 417 g/mol. The maximum atomic E-state index is 12.7. The predicted molar refractivity (Wildman–Crippen MR) is 117 cm³/mol. The molecule has 0 bridgehead atoms. The van der Waals surface area contributed by atoms with E-state index in [1.165, 1.54) is 6.20 Å². The molecule has 1 aromatic heterocycles. The number of pyridine rings is 1. The van der Waals surface area contributed by atoms with Crippen LogP contribution < -0.4 is 10.6 Å². The minimum absolute atomic E-state index is 0.0756. The lowest BCUT2D eigenvalue weighted by molar-refractivity contribution is -0.429. The van der Waals surface area contributed by atoms with Crippen LogP contribution in [0.3, 0.4) is 0 Å². The zero-order valence-electron chi connectivity index (χ0n) is 17.3. The summed E-state index contributed by atoms with van der Waals surface area (Å²) >= 11 is 0. The molecule has 8 heteroatoms. The second-order valence-electron chi connectivity index (χ2n) is 7.36. The van der Waals surface area contributed by atoms with Gasteiger partial charge in [0.2, 0.25) is 0 Å². The molecule has 0 saturated carbocycles. The van der Waals surface area contributed by atoms with E-state index in [0.29, 0.717) is 24.3 Å². The van der Waals surface area contributed by atoms with Gasteiger partial charge in [0.05, 0.1) is 12.2 Å². The Labute approximate surface area is 180 Å². The van der Waals surface area contributed by atoms with Gasteiger partial charge in [-0.15, -0.1) is 0 Å². The van der Waals surface area contributed by atoms with Crippen molar-refractivity contribution in [2.45, 2.75) is 19.4 Å². The highest BCUT2D eigenvalue weighted by molar-refractivity contribution is 6.04. The molecule has 2 aromatic rings. The first-order valence-electron chi connectivity index (χ1n) is 9.97. The quantitative estimate of drug-likeness (QED) is 0.533. The van der Waals surface area contributed by atoms with E-state index in [9.17, 15) is 9.59 Å². The highest BCUT2D eigenvalue weighted by atomic mass is 16.5. The van der Waals surface area contributed by atoms with Crippen LogP contribution in [0, 0.1) is 0 Å². The maximum Gasteiger partial charge on any atom is 0.357 e. The Morgan fingerprint density at radius 3 is 3.00 bits per heavy atom. The molecule has 2 N–H and O–H groups in total. The molecule has 4 rings (SSSR count). The van der Waals surface area contributed by atoms with Crippen molar-refractivity contribution in [3.8, 4) is 0 Å². The summed E-state index contributed by atoms with van der Waals surface area (Å²) in [7, 11) is 1.96. The van der Waals surface area contributed by atoms with Gasteiger partial charge in [-0.25, -0.2) is 14.4 Å². The van der Waals surface area contributed by atoms with Crippen LogP contribution in [-0.2, 0) is 11.2 Å². The molecule has 31 heavy (non-hydrogen) atoms. The van der Waals surface area contributed by atoms with Gasteiger partial charge in [-0.3, -0.25) is 4.79 Å². The van der Waals surface area contributed by atoms with E-state index in [1.54, 1.807) is 18.5 Å². The first kappa shape index (κ1) is 20.3. The van der Waals surface area contributed by atoms with Crippen molar-refractivity contribution >= 4 is 23.8 Å². The maximum absolute atomic E-state index is 12.7. The highest BCUT2D eigenvalue weighted by Gasteiger charge is 2.21. The van der Waals surface area contributed by atoms with E-state index in [4.69, 9.17) is 4.74 Å². The number of amides is 1. The first-order chi connectivity index (χ1) is 15.0. The van der Waals surface area contributed by atoms with E-state index < -0.39 is 5.97 Å². The van der Waals surface area contributed by atoms with E-state index in [-0.39, 0.29) is 17.6 Å². The Morgan fingerprint density at radius 1 is 1.35 bits per heavy atom. The predicted octanol–water partition coefficient (Wildman–Crippen LogP) is 3.11. The number of carbonyl (C=O) groups excluding carboxylic acids is 2. The molecule has 2 aliphatic rings. The molecule has 1 unspecified atom stereocenters. The second kappa shape index (κ2) is 8.83. The highest BCUT2D eigenvalue weighted by Crippen LogP contribution is 2.25. The van der Waals surface area contributed by atoms with Crippen molar-refractivity contribution in [2.75, 3.05) is 19.0 Å². The summed E-state index contributed by atoms with van der Waals surface area (Å²) in [6.45, 7) is 2.29. The summed E-state index contributed by atoms with van der Waals surface area (Å²) in [5.41, 5.74) is 4.08. The fourth-order valence-corrected chi connectivity index (χ4v) is 3.30. The van der Waals surface area contributed by atoms with Gasteiger partial charge in [0, 0.05) is 18.3 Å². The van der Waals surface area contributed by atoms with Crippen LogP contribution in [0.1, 0.15) is 44.9 Å². The number of ether oxygens (including phenoxy) is 1. The smallest absolute Gasteiger partial charge is 0.357 e. The average Bonchev–Trinajstić information content (AvgIpc) is 2.75. The van der Waals surface area contributed by atoms with Crippen LogP contribution in [0.2, 0.25) is 0 Å². The van der Waals surface area contributed by atoms with Gasteiger partial charge in [-0.05, 0) is 30.0 Å². The first-order valence-corrected chi connectivity index (χ1v) is 9.97. The van der Waals surface area contributed by atoms with Crippen molar-refractivity contribution in [1.82, 2.24) is 10.3 Å². The summed E-state index contributed by atoms with van der Waals surface area (Å²) in [6.07, 6.45) is 9.42. The van der Waals surface area contributed by atoms with Gasteiger partial charge < -0.3 is 20.7 Å². The molecule has 0 aliphatic carbocycles. The number of aromatic nitrogens is 1. The number of benzene rings is 1. The number of allylic oxidation sites excluding steroid dienone is 1. The number of nitrogens with one attached hydrogen (secondary N) is 2. The molecule has 1 atom stereocenters. The molecular weight excluding hydrogens is 394 g/mol. The van der Waals surface area contributed by atoms with Crippen LogP contribution >= 0.6 is 0 Å². The van der Waals surface area contributed by atoms with Gasteiger partial charge in [0.1, 0.15) is 7.05 Å². The Morgan fingerprint density at radius 2 is 2.19 bits per heavy atom. The lowest BCUT2D eigenvalue weighted by Crippen LogP contribution is -2.21. The van der Waals surface area contributed by atoms with Crippen molar-refractivity contribution in [3.63, 3.8) is 0 Å². The fourth-order valence-electron chi connectivity index (χ4n) is 3.30. The van der Waals surface area contributed by atoms with Crippen molar-refractivity contribution < 1.29 is 18.9 Å². The van der Waals surface area contributed by atoms with Gasteiger partial charge in [-0.2, -0.15) is 6.20 Å². The minimum Gasteiger partial charge on any atom is -0.683 e. The third kappa shape index (κ3) is 4.80. The molecule has 3 heterocycles. The van der Waals surface area contributed by atoms with Gasteiger partial charge >= 0.3 is 5.97 Å². The van der Waals surface area contributed by atoms with E-state index in [0.717, 1.165) is 16.8 Å². The molecule has 8 nitrogen and oxygen atoms in total. The number of hydrogen-bond donors (Lipinski definition) is 2. The Bertz CT molecular complexity index is 1120. The Balaban J connectivity index is 1.36. The van der Waals surface area contributed by atoms with E-state index in [1.807, 2.05) is 55.2 Å². The van der Waals surface area contributed by atoms with Crippen molar-refractivity contribution in [1.29, 1.82) is 0 Å². The number of fused-ring (bicyclic) bond motifs is 1. The number of carbonyl (C=O) groups is 2. The standard InChI is InChI=1S/C23H23N5O3/c1-15(24-7-8-25-20-13-28(2)14-20)16-4-3-5-19(11-16)27-22(29)18-10-17-6-9-31-23(30)21(17)26-12-18/h3-5,7-8,10-15H,6,9H2,1-2H3,(H2-,24,25,26,27,29,30). The van der Waals surface area contributed by atoms with Crippen molar-refractivity contribution in [3.05, 3.63) is 88.5 Å². The number of nitrogens with zero attached hydrogens (tertiary/aromatic N) is 3. The molecule has 0 spiro atoms. The summed E-state index contributed by atoms with van der Waals surface area (Å²) in [6, 6.07) is 9.19. The third-order valence-electron chi connectivity index (χ3n) is 4.97. The molecule has 0 saturated heterocycles. The van der Waals surface area contributed by atoms with Gasteiger partial charge in [0.15, 0.2) is 23.8 Å². The number of rotatable bonds is 7. The summed E-state index contributed by atoms with van der Waals surface area (Å²) in [5.74, 6) is -0.729. The van der Waals surface area contributed by atoms with Crippen LogP contribution in [0.15, 0.2) is 60.8 Å². The topological polar surface area (TPSA) is 97.4 Å². The van der Waals surface area contributed by atoms with E-state index in [2.05, 4.69) is 20.9 Å². The number of anilines is 1. The zero-order chi connectivity index (χ0) is 21.8. The van der Waals surface area contributed by atoms with Crippen LogP contribution in [0.5, 0.6) is 0 Å². The van der Waals surface area contributed by atoms with Crippen LogP contribution in [-0.4, -0.2) is 41.3 Å². The number of cyclic esters (lactones) is 1.